The molecule has 1 heterocycles. The molecule has 0 aliphatic carbocycles. The van der Waals surface area contributed by atoms with Gasteiger partial charge in [-0.2, -0.15) is 0 Å². The van der Waals surface area contributed by atoms with Crippen molar-refractivity contribution in [3.63, 3.8) is 0 Å². The first kappa shape index (κ1) is 21.3. The van der Waals surface area contributed by atoms with E-state index >= 15 is 0 Å². The summed E-state index contributed by atoms with van der Waals surface area (Å²) in [5.74, 6) is -0.244. The number of alkyl halides is 3. The zero-order valence-electron chi connectivity index (χ0n) is 15.1. The molecular weight excluding hydrogens is 333 g/mol. The van der Waals surface area contributed by atoms with Crippen molar-refractivity contribution in [2.45, 2.75) is 33.6 Å². The number of piperazine rings is 1. The van der Waals surface area contributed by atoms with Gasteiger partial charge in [-0.25, -0.2) is 0 Å². The molecule has 1 rings (SSSR count). The number of carbonyl (C=O) groups is 1. The monoisotopic (exact) mass is 360 g/mol. The Morgan fingerprint density at radius 1 is 1.24 bits per heavy atom. The highest BCUT2D eigenvalue weighted by Crippen LogP contribution is 2.22. The van der Waals surface area contributed by atoms with E-state index in [9.17, 15) is 18.0 Å². The normalized spacial score (nSPS) is 17.8. The van der Waals surface area contributed by atoms with Gasteiger partial charge in [0.15, 0.2) is 0 Å². The molecular formula is C18H27F3N2O2. The summed E-state index contributed by atoms with van der Waals surface area (Å²) in [6.45, 7) is 12.3. The number of carbonyl (C=O) groups excluding carboxylic acids is 1. The molecule has 0 bridgehead atoms. The summed E-state index contributed by atoms with van der Waals surface area (Å²) >= 11 is 0. The number of hydrogen-bond acceptors (Lipinski definition) is 3. The quantitative estimate of drug-likeness (QED) is 0.394. The number of halogens is 3. The molecule has 0 unspecified atom stereocenters. The van der Waals surface area contributed by atoms with E-state index in [1.54, 1.807) is 11.0 Å². The molecule has 0 radical (unpaired) electrons. The van der Waals surface area contributed by atoms with Crippen LogP contribution in [-0.2, 0) is 9.53 Å². The predicted molar refractivity (Wildman–Crippen MR) is 91.7 cm³/mol. The molecule has 0 atom stereocenters. The Morgan fingerprint density at radius 3 is 2.32 bits per heavy atom. The number of rotatable bonds is 7. The SMILES string of the molecule is C=CCN1CCN(C(=O)CC(=C/C(C)C)/C=C(\C)OC(F)(F)F)CC1. The van der Waals surface area contributed by atoms with Crippen LogP contribution in [0, 0.1) is 5.92 Å². The molecule has 1 amide bonds. The second kappa shape index (κ2) is 9.65. The molecule has 0 N–H and O–H groups in total. The van der Waals surface area contributed by atoms with Crippen molar-refractivity contribution in [1.82, 2.24) is 9.80 Å². The lowest BCUT2D eigenvalue weighted by Gasteiger charge is -2.34. The second-order valence-electron chi connectivity index (χ2n) is 6.44. The molecule has 7 heteroatoms. The highest BCUT2D eigenvalue weighted by molar-refractivity contribution is 5.79. The van der Waals surface area contributed by atoms with Crippen LogP contribution in [-0.4, -0.2) is 54.8 Å². The first-order valence-electron chi connectivity index (χ1n) is 8.36. The Labute approximate surface area is 147 Å². The highest BCUT2D eigenvalue weighted by Gasteiger charge is 2.31. The van der Waals surface area contributed by atoms with Gasteiger partial charge < -0.3 is 9.64 Å². The first-order chi connectivity index (χ1) is 11.6. The second-order valence-corrected chi connectivity index (χ2v) is 6.44. The summed E-state index contributed by atoms with van der Waals surface area (Å²) in [5, 5.41) is 0. The van der Waals surface area contributed by atoms with E-state index in [4.69, 9.17) is 0 Å². The minimum Gasteiger partial charge on any atom is -0.411 e. The van der Waals surface area contributed by atoms with Crippen molar-refractivity contribution in [3.05, 3.63) is 36.1 Å². The molecule has 0 saturated carbocycles. The van der Waals surface area contributed by atoms with Gasteiger partial charge >= 0.3 is 6.36 Å². The number of nitrogens with zero attached hydrogens (tertiary/aromatic N) is 2. The molecule has 0 spiro atoms. The highest BCUT2D eigenvalue weighted by atomic mass is 19.4. The lowest BCUT2D eigenvalue weighted by molar-refractivity contribution is -0.305. The molecule has 0 aromatic carbocycles. The van der Waals surface area contributed by atoms with Crippen molar-refractivity contribution < 1.29 is 22.7 Å². The number of allylic oxidation sites excluding steroid dienone is 3. The summed E-state index contributed by atoms with van der Waals surface area (Å²) in [7, 11) is 0. The van der Waals surface area contributed by atoms with Gasteiger partial charge in [0, 0.05) is 32.7 Å². The Hall–Kier alpha value is -1.76. The number of ether oxygens (including phenoxy) is 1. The molecule has 0 aromatic rings. The Morgan fingerprint density at radius 2 is 1.84 bits per heavy atom. The van der Waals surface area contributed by atoms with Crippen molar-refractivity contribution in [2.75, 3.05) is 32.7 Å². The third kappa shape index (κ3) is 8.77. The van der Waals surface area contributed by atoms with Crippen LogP contribution in [0.3, 0.4) is 0 Å². The lowest BCUT2D eigenvalue weighted by atomic mass is 10.0. The molecule has 0 aromatic heterocycles. The van der Waals surface area contributed by atoms with Crippen LogP contribution in [0.15, 0.2) is 36.1 Å². The van der Waals surface area contributed by atoms with E-state index in [1.807, 2.05) is 19.9 Å². The van der Waals surface area contributed by atoms with Gasteiger partial charge in [0.05, 0.1) is 6.42 Å². The average molecular weight is 360 g/mol. The van der Waals surface area contributed by atoms with E-state index in [-0.39, 0.29) is 24.0 Å². The van der Waals surface area contributed by atoms with Crippen LogP contribution in [0.25, 0.3) is 0 Å². The van der Waals surface area contributed by atoms with E-state index in [1.165, 1.54) is 13.0 Å². The summed E-state index contributed by atoms with van der Waals surface area (Å²) in [6.07, 6.45) is 0.247. The third-order valence-electron chi connectivity index (χ3n) is 3.68. The van der Waals surface area contributed by atoms with Crippen molar-refractivity contribution in [2.24, 2.45) is 5.92 Å². The standard InChI is InChI=1S/C18H27F3N2O2/c1-5-6-22-7-9-23(10-8-22)17(24)13-16(11-14(2)3)12-15(4)25-18(19,20)21/h5,11-12,14H,1,6-10,13H2,2-4H3/b15-12+,16-11+. The van der Waals surface area contributed by atoms with Crippen molar-refractivity contribution in [3.8, 4) is 0 Å². The zero-order chi connectivity index (χ0) is 19.0. The van der Waals surface area contributed by atoms with E-state index in [0.29, 0.717) is 18.7 Å². The summed E-state index contributed by atoms with van der Waals surface area (Å²) < 4.78 is 40.8. The molecule has 25 heavy (non-hydrogen) atoms. The number of amides is 1. The van der Waals surface area contributed by atoms with Crippen LogP contribution >= 0.6 is 0 Å². The minimum atomic E-state index is -4.73. The van der Waals surface area contributed by atoms with Gasteiger partial charge in [0.1, 0.15) is 5.76 Å². The van der Waals surface area contributed by atoms with Crippen molar-refractivity contribution in [1.29, 1.82) is 0 Å². The van der Waals surface area contributed by atoms with E-state index in [2.05, 4.69) is 16.2 Å². The van der Waals surface area contributed by atoms with Gasteiger partial charge in [-0.15, -0.1) is 19.8 Å². The fraction of sp³-hybridized carbons (Fsp3) is 0.611. The fourth-order valence-electron chi connectivity index (χ4n) is 2.71. The molecule has 142 valence electrons. The Bertz CT molecular complexity index is 517. The topological polar surface area (TPSA) is 32.8 Å². The van der Waals surface area contributed by atoms with Gasteiger partial charge in [-0.05, 0) is 24.5 Å². The van der Waals surface area contributed by atoms with Crippen LogP contribution in [0.4, 0.5) is 13.2 Å². The summed E-state index contributed by atoms with van der Waals surface area (Å²) in [6, 6.07) is 0. The van der Waals surface area contributed by atoms with Crippen LogP contribution < -0.4 is 0 Å². The van der Waals surface area contributed by atoms with Gasteiger partial charge in [-0.3, -0.25) is 9.69 Å². The van der Waals surface area contributed by atoms with Gasteiger partial charge in [-0.1, -0.05) is 26.0 Å². The summed E-state index contributed by atoms with van der Waals surface area (Å²) in [4.78, 5) is 16.4. The minimum absolute atomic E-state index is 0.0677. The molecule has 1 saturated heterocycles. The summed E-state index contributed by atoms with van der Waals surface area (Å²) in [5.41, 5.74) is 0.537. The van der Waals surface area contributed by atoms with Gasteiger partial charge in [0.2, 0.25) is 5.91 Å². The molecule has 1 aliphatic heterocycles. The Balaban J connectivity index is 2.71. The average Bonchev–Trinajstić information content (AvgIpc) is 2.45. The van der Waals surface area contributed by atoms with Crippen LogP contribution in [0.1, 0.15) is 27.2 Å². The van der Waals surface area contributed by atoms with Gasteiger partial charge in [0.25, 0.3) is 0 Å². The van der Waals surface area contributed by atoms with Crippen LogP contribution in [0.5, 0.6) is 0 Å². The molecule has 1 aliphatic rings. The largest absolute Gasteiger partial charge is 0.572 e. The maximum absolute atomic E-state index is 12.5. The van der Waals surface area contributed by atoms with E-state index in [0.717, 1.165) is 19.6 Å². The maximum Gasteiger partial charge on any atom is 0.572 e. The molecule has 1 fully saturated rings. The number of hydrogen-bond donors (Lipinski definition) is 0. The fourth-order valence-corrected chi connectivity index (χ4v) is 2.71. The lowest BCUT2D eigenvalue weighted by Crippen LogP contribution is -2.48. The zero-order valence-corrected chi connectivity index (χ0v) is 15.1. The van der Waals surface area contributed by atoms with Crippen molar-refractivity contribution >= 4 is 5.91 Å². The van der Waals surface area contributed by atoms with Crippen LogP contribution in [0.2, 0.25) is 0 Å². The molecule has 4 nitrogen and oxygen atoms in total. The van der Waals surface area contributed by atoms with E-state index < -0.39 is 6.36 Å². The first-order valence-corrected chi connectivity index (χ1v) is 8.36. The predicted octanol–water partition coefficient (Wildman–Crippen LogP) is 3.73. The smallest absolute Gasteiger partial charge is 0.411 e. The Kier molecular flexibility index (Phi) is 8.22. The maximum atomic E-state index is 12.5. The third-order valence-corrected chi connectivity index (χ3v) is 3.68.